The molecule has 2 heterocycles. The zero-order valence-electron chi connectivity index (χ0n) is 13.1. The van der Waals surface area contributed by atoms with Crippen molar-refractivity contribution in [1.82, 2.24) is 15.0 Å². The number of carbonyl (C=O) groups excluding carboxylic acids is 1. The summed E-state index contributed by atoms with van der Waals surface area (Å²) in [7, 11) is 0. The van der Waals surface area contributed by atoms with Crippen molar-refractivity contribution in [3.8, 4) is 0 Å². The zero-order chi connectivity index (χ0) is 15.5. The van der Waals surface area contributed by atoms with E-state index in [4.69, 9.17) is 4.52 Å². The van der Waals surface area contributed by atoms with Gasteiger partial charge in [0.2, 0.25) is 11.8 Å². The van der Waals surface area contributed by atoms with Crippen LogP contribution in [0.1, 0.15) is 41.2 Å². The molecule has 22 heavy (non-hydrogen) atoms. The van der Waals surface area contributed by atoms with Crippen LogP contribution in [0, 0.1) is 13.8 Å². The summed E-state index contributed by atoms with van der Waals surface area (Å²) in [5.74, 6) is 1.55. The van der Waals surface area contributed by atoms with Gasteiger partial charge in [-0.25, -0.2) is 0 Å². The van der Waals surface area contributed by atoms with Crippen LogP contribution in [-0.4, -0.2) is 34.0 Å². The molecule has 1 aromatic heterocycles. The van der Waals surface area contributed by atoms with Gasteiger partial charge in [-0.05, 0) is 31.4 Å². The molecule has 0 N–H and O–H groups in total. The molecule has 116 valence electrons. The Morgan fingerprint density at radius 2 is 2.18 bits per heavy atom. The Morgan fingerprint density at radius 3 is 2.95 bits per heavy atom. The van der Waals surface area contributed by atoms with Crippen molar-refractivity contribution in [2.24, 2.45) is 0 Å². The van der Waals surface area contributed by atoms with E-state index in [-0.39, 0.29) is 5.91 Å². The molecule has 0 aliphatic carbocycles. The van der Waals surface area contributed by atoms with Crippen LogP contribution in [0.25, 0.3) is 0 Å². The first-order valence-corrected chi connectivity index (χ1v) is 7.77. The van der Waals surface area contributed by atoms with Gasteiger partial charge < -0.3 is 9.42 Å². The molecular formula is C17H21N3O2. The fourth-order valence-corrected chi connectivity index (χ4v) is 2.79. The van der Waals surface area contributed by atoms with Crippen molar-refractivity contribution in [3.05, 3.63) is 46.6 Å². The first kappa shape index (κ1) is 14.8. The van der Waals surface area contributed by atoms with E-state index in [0.29, 0.717) is 37.5 Å². The second kappa shape index (κ2) is 6.30. The fourth-order valence-electron chi connectivity index (χ4n) is 2.79. The molecular weight excluding hydrogens is 278 g/mol. The van der Waals surface area contributed by atoms with E-state index in [1.54, 1.807) is 0 Å². The Bertz CT molecular complexity index is 678. The molecule has 0 saturated carbocycles. The van der Waals surface area contributed by atoms with Gasteiger partial charge in [-0.1, -0.05) is 28.9 Å². The Morgan fingerprint density at radius 1 is 1.32 bits per heavy atom. The van der Waals surface area contributed by atoms with Gasteiger partial charge >= 0.3 is 0 Å². The third-order valence-corrected chi connectivity index (χ3v) is 4.13. The predicted molar refractivity (Wildman–Crippen MR) is 82.5 cm³/mol. The largest absolute Gasteiger partial charge is 0.342 e. The molecule has 1 aromatic carbocycles. The summed E-state index contributed by atoms with van der Waals surface area (Å²) in [5, 5.41) is 4.03. The Balaban J connectivity index is 1.61. The van der Waals surface area contributed by atoms with E-state index in [0.717, 1.165) is 13.0 Å². The minimum Gasteiger partial charge on any atom is -0.342 e. The molecule has 5 nitrogen and oxygen atoms in total. The van der Waals surface area contributed by atoms with Gasteiger partial charge in [0.05, 0.1) is 6.42 Å². The van der Waals surface area contributed by atoms with E-state index < -0.39 is 0 Å². The Labute approximate surface area is 130 Å². The summed E-state index contributed by atoms with van der Waals surface area (Å²) >= 11 is 0. The summed E-state index contributed by atoms with van der Waals surface area (Å²) in [6.07, 6.45) is 2.94. The topological polar surface area (TPSA) is 59.2 Å². The normalized spacial score (nSPS) is 14.8. The molecule has 0 atom stereocenters. The number of hydrogen-bond donors (Lipinski definition) is 0. The van der Waals surface area contributed by atoms with Gasteiger partial charge in [-0.2, -0.15) is 4.98 Å². The number of benzene rings is 1. The Kier molecular flexibility index (Phi) is 4.22. The highest BCUT2D eigenvalue weighted by atomic mass is 16.5. The average molecular weight is 299 g/mol. The summed E-state index contributed by atoms with van der Waals surface area (Å²) in [5.41, 5.74) is 3.67. The molecule has 1 fully saturated rings. The lowest BCUT2D eigenvalue weighted by molar-refractivity contribution is -0.127. The fraction of sp³-hybridized carbons (Fsp3) is 0.471. The van der Waals surface area contributed by atoms with E-state index in [1.807, 2.05) is 4.90 Å². The average Bonchev–Trinajstić information content (AvgIpc) is 3.10. The number of hydrogen-bond acceptors (Lipinski definition) is 4. The SMILES string of the molecule is Cc1ccc(C)c(Cc2nc(CCN3CCCC3=O)no2)c1. The first-order valence-electron chi connectivity index (χ1n) is 7.77. The quantitative estimate of drug-likeness (QED) is 0.851. The standard InChI is InChI=1S/C17H21N3O2/c1-12-5-6-13(2)14(10-12)11-16-18-15(19-22-16)7-9-20-8-3-4-17(20)21/h5-6,10H,3-4,7-9,11H2,1-2H3. The second-order valence-corrected chi connectivity index (χ2v) is 5.95. The van der Waals surface area contributed by atoms with E-state index >= 15 is 0 Å². The van der Waals surface area contributed by atoms with Crippen molar-refractivity contribution in [2.45, 2.75) is 39.5 Å². The first-order chi connectivity index (χ1) is 10.6. The number of aromatic nitrogens is 2. The van der Waals surface area contributed by atoms with Crippen molar-refractivity contribution in [3.63, 3.8) is 0 Å². The molecule has 2 aromatic rings. The maximum atomic E-state index is 11.6. The number of rotatable bonds is 5. The van der Waals surface area contributed by atoms with Crippen LogP contribution in [-0.2, 0) is 17.6 Å². The molecule has 0 radical (unpaired) electrons. The molecule has 1 amide bonds. The molecule has 1 aliphatic rings. The lowest BCUT2D eigenvalue weighted by Crippen LogP contribution is -2.27. The van der Waals surface area contributed by atoms with Gasteiger partial charge in [-0.3, -0.25) is 4.79 Å². The summed E-state index contributed by atoms with van der Waals surface area (Å²) in [6.45, 7) is 5.70. The number of amides is 1. The van der Waals surface area contributed by atoms with Gasteiger partial charge in [0.15, 0.2) is 5.82 Å². The smallest absolute Gasteiger partial charge is 0.231 e. The highest BCUT2D eigenvalue weighted by molar-refractivity contribution is 5.78. The molecule has 1 saturated heterocycles. The van der Waals surface area contributed by atoms with Gasteiger partial charge in [-0.15, -0.1) is 0 Å². The second-order valence-electron chi connectivity index (χ2n) is 5.95. The molecule has 0 bridgehead atoms. The number of aryl methyl sites for hydroxylation is 2. The van der Waals surface area contributed by atoms with Crippen molar-refractivity contribution in [1.29, 1.82) is 0 Å². The maximum absolute atomic E-state index is 11.6. The van der Waals surface area contributed by atoms with E-state index in [2.05, 4.69) is 42.2 Å². The maximum Gasteiger partial charge on any atom is 0.231 e. The van der Waals surface area contributed by atoms with Gasteiger partial charge in [0.1, 0.15) is 0 Å². The summed E-state index contributed by atoms with van der Waals surface area (Å²) < 4.78 is 5.34. The van der Waals surface area contributed by atoms with Crippen LogP contribution in [0.2, 0.25) is 0 Å². The van der Waals surface area contributed by atoms with E-state index in [9.17, 15) is 4.79 Å². The third-order valence-electron chi connectivity index (χ3n) is 4.13. The zero-order valence-corrected chi connectivity index (χ0v) is 13.1. The van der Waals surface area contributed by atoms with Crippen LogP contribution in [0.3, 0.4) is 0 Å². The number of likely N-dealkylation sites (tertiary alicyclic amines) is 1. The lowest BCUT2D eigenvalue weighted by atomic mass is 10.0. The minimum absolute atomic E-state index is 0.235. The van der Waals surface area contributed by atoms with Crippen LogP contribution in [0.5, 0.6) is 0 Å². The highest BCUT2D eigenvalue weighted by Crippen LogP contribution is 2.15. The molecule has 0 spiro atoms. The monoisotopic (exact) mass is 299 g/mol. The Hall–Kier alpha value is -2.17. The predicted octanol–water partition coefficient (Wildman–Crippen LogP) is 2.44. The van der Waals surface area contributed by atoms with Crippen molar-refractivity contribution >= 4 is 5.91 Å². The van der Waals surface area contributed by atoms with Crippen molar-refractivity contribution < 1.29 is 9.32 Å². The van der Waals surface area contributed by atoms with Crippen LogP contribution >= 0.6 is 0 Å². The summed E-state index contributed by atoms with van der Waals surface area (Å²) in [6, 6.07) is 6.37. The summed E-state index contributed by atoms with van der Waals surface area (Å²) in [4.78, 5) is 17.9. The number of nitrogens with zero attached hydrogens (tertiary/aromatic N) is 3. The van der Waals surface area contributed by atoms with Gasteiger partial charge in [0, 0.05) is 25.9 Å². The van der Waals surface area contributed by atoms with Crippen molar-refractivity contribution in [2.75, 3.05) is 13.1 Å². The third kappa shape index (κ3) is 3.35. The number of carbonyl (C=O) groups is 1. The van der Waals surface area contributed by atoms with Crippen LogP contribution < -0.4 is 0 Å². The minimum atomic E-state index is 0.235. The molecule has 1 aliphatic heterocycles. The van der Waals surface area contributed by atoms with Gasteiger partial charge in [0.25, 0.3) is 0 Å². The molecule has 5 heteroatoms. The van der Waals surface area contributed by atoms with Crippen LogP contribution in [0.4, 0.5) is 0 Å². The van der Waals surface area contributed by atoms with E-state index in [1.165, 1.54) is 16.7 Å². The lowest BCUT2D eigenvalue weighted by Gasteiger charge is -2.13. The van der Waals surface area contributed by atoms with Crippen LogP contribution in [0.15, 0.2) is 22.7 Å². The highest BCUT2D eigenvalue weighted by Gasteiger charge is 2.20. The molecule has 0 unspecified atom stereocenters. The molecule has 3 rings (SSSR count).